The van der Waals surface area contributed by atoms with Crippen molar-refractivity contribution in [1.29, 1.82) is 5.26 Å². The topological polar surface area (TPSA) is 76.7 Å². The van der Waals surface area contributed by atoms with E-state index < -0.39 is 0 Å². The Kier molecular flexibility index (Phi) is 5.69. The van der Waals surface area contributed by atoms with Crippen molar-refractivity contribution < 1.29 is 14.2 Å². The van der Waals surface area contributed by atoms with Gasteiger partial charge in [0.1, 0.15) is 16.4 Å². The van der Waals surface area contributed by atoms with Crippen LogP contribution >= 0.6 is 11.3 Å². The number of hydrogen-bond acceptors (Lipinski definition) is 7. The van der Waals surface area contributed by atoms with Gasteiger partial charge >= 0.3 is 0 Å². The highest BCUT2D eigenvalue weighted by Crippen LogP contribution is 2.39. The average Bonchev–Trinajstić information content (AvgIpc) is 3.21. The van der Waals surface area contributed by atoms with Crippen LogP contribution in [0, 0.1) is 11.5 Å². The molecule has 0 fully saturated rings. The summed E-state index contributed by atoms with van der Waals surface area (Å²) in [6.45, 7) is 0. The standard InChI is InChI=1S/C20H17N3O3S/c1-24-16-9-14(10-17(25-2)19(16)26-3)18(22-12-21)15-11-27-20(23-15)13-7-5-4-6-8-13/h4-11H,1-3H3/b22-18-. The van der Waals surface area contributed by atoms with E-state index in [1.54, 1.807) is 26.4 Å². The van der Waals surface area contributed by atoms with Gasteiger partial charge in [0.15, 0.2) is 11.5 Å². The van der Waals surface area contributed by atoms with Crippen LogP contribution in [-0.2, 0) is 0 Å². The number of rotatable bonds is 6. The first-order valence-corrected chi connectivity index (χ1v) is 8.88. The molecule has 6 nitrogen and oxygen atoms in total. The maximum atomic E-state index is 9.19. The summed E-state index contributed by atoms with van der Waals surface area (Å²) in [6.07, 6.45) is 1.86. The Bertz CT molecular complexity index is 982. The summed E-state index contributed by atoms with van der Waals surface area (Å²) in [5.41, 5.74) is 2.70. The summed E-state index contributed by atoms with van der Waals surface area (Å²) in [7, 11) is 4.62. The fourth-order valence-corrected chi connectivity index (χ4v) is 3.44. The van der Waals surface area contributed by atoms with Crippen LogP contribution < -0.4 is 14.2 Å². The van der Waals surface area contributed by atoms with E-state index in [0.29, 0.717) is 34.2 Å². The Hall–Kier alpha value is -3.37. The van der Waals surface area contributed by atoms with E-state index in [1.165, 1.54) is 18.4 Å². The molecule has 0 aliphatic heterocycles. The number of hydrogen-bond donors (Lipinski definition) is 0. The maximum Gasteiger partial charge on any atom is 0.206 e. The summed E-state index contributed by atoms with van der Waals surface area (Å²) in [4.78, 5) is 8.65. The summed E-state index contributed by atoms with van der Waals surface area (Å²) in [5.74, 6) is 1.44. The molecule has 1 aromatic heterocycles. The molecule has 2 aromatic carbocycles. The van der Waals surface area contributed by atoms with Crippen LogP contribution in [0.1, 0.15) is 11.3 Å². The van der Waals surface area contributed by atoms with E-state index >= 15 is 0 Å². The van der Waals surface area contributed by atoms with Gasteiger partial charge in [0.2, 0.25) is 11.9 Å². The predicted molar refractivity (Wildman–Crippen MR) is 105 cm³/mol. The normalized spacial score (nSPS) is 11.0. The SMILES string of the molecule is COc1cc(/C(=N/C#N)c2csc(-c3ccccc3)n2)cc(OC)c1OC. The Balaban J connectivity index is 2.09. The lowest BCUT2D eigenvalue weighted by Crippen LogP contribution is -2.06. The zero-order valence-corrected chi connectivity index (χ0v) is 15.9. The van der Waals surface area contributed by atoms with Crippen molar-refractivity contribution in [2.45, 2.75) is 0 Å². The van der Waals surface area contributed by atoms with Crippen LogP contribution in [0.3, 0.4) is 0 Å². The third-order valence-corrected chi connectivity index (χ3v) is 4.76. The van der Waals surface area contributed by atoms with Gasteiger partial charge in [0.25, 0.3) is 0 Å². The van der Waals surface area contributed by atoms with E-state index in [-0.39, 0.29) is 0 Å². The molecule has 0 radical (unpaired) electrons. The zero-order chi connectivity index (χ0) is 19.2. The predicted octanol–water partition coefficient (Wildman–Crippen LogP) is 4.15. The number of benzene rings is 2. The van der Waals surface area contributed by atoms with Gasteiger partial charge in [-0.25, -0.2) is 4.98 Å². The summed E-state index contributed by atoms with van der Waals surface area (Å²) >= 11 is 1.49. The number of aliphatic imine (C=N–C) groups is 1. The number of methoxy groups -OCH3 is 3. The minimum atomic E-state index is 0.440. The minimum Gasteiger partial charge on any atom is -0.493 e. The molecule has 3 aromatic rings. The van der Waals surface area contributed by atoms with Gasteiger partial charge in [-0.05, 0) is 12.1 Å². The van der Waals surface area contributed by atoms with Crippen LogP contribution in [-0.4, -0.2) is 32.0 Å². The molecular weight excluding hydrogens is 362 g/mol. The first-order valence-electron chi connectivity index (χ1n) is 8.00. The molecule has 0 amide bonds. The number of aromatic nitrogens is 1. The van der Waals surface area contributed by atoms with Crippen molar-refractivity contribution in [2.75, 3.05) is 21.3 Å². The van der Waals surface area contributed by atoms with Crippen LogP contribution in [0.2, 0.25) is 0 Å². The Labute approximate surface area is 161 Å². The summed E-state index contributed by atoms with van der Waals surface area (Å²) < 4.78 is 16.1. The molecule has 0 N–H and O–H groups in total. The first-order chi connectivity index (χ1) is 13.2. The second-order valence-corrected chi connectivity index (χ2v) is 6.24. The van der Waals surface area contributed by atoms with E-state index in [0.717, 1.165) is 10.6 Å². The van der Waals surface area contributed by atoms with Gasteiger partial charge in [0.05, 0.1) is 21.3 Å². The van der Waals surface area contributed by atoms with Crippen molar-refractivity contribution in [3.05, 3.63) is 59.1 Å². The van der Waals surface area contributed by atoms with Crippen LogP contribution in [0.5, 0.6) is 17.2 Å². The lowest BCUT2D eigenvalue weighted by atomic mass is 10.1. The van der Waals surface area contributed by atoms with Gasteiger partial charge in [-0.2, -0.15) is 10.3 Å². The third-order valence-electron chi connectivity index (χ3n) is 3.87. The van der Waals surface area contributed by atoms with Crippen molar-refractivity contribution in [3.63, 3.8) is 0 Å². The molecule has 0 saturated heterocycles. The van der Waals surface area contributed by atoms with Crippen molar-refractivity contribution in [1.82, 2.24) is 4.98 Å². The van der Waals surface area contributed by atoms with E-state index in [9.17, 15) is 5.26 Å². The molecule has 0 aliphatic rings. The molecule has 1 heterocycles. The smallest absolute Gasteiger partial charge is 0.206 e. The molecule has 0 saturated carbocycles. The van der Waals surface area contributed by atoms with Crippen molar-refractivity contribution in [3.8, 4) is 34.0 Å². The highest BCUT2D eigenvalue weighted by molar-refractivity contribution is 7.13. The third kappa shape index (κ3) is 3.76. The Morgan fingerprint density at radius 3 is 2.26 bits per heavy atom. The molecule has 7 heteroatoms. The van der Waals surface area contributed by atoms with Crippen molar-refractivity contribution in [2.24, 2.45) is 4.99 Å². The molecule has 0 aliphatic carbocycles. The highest BCUT2D eigenvalue weighted by Gasteiger charge is 2.19. The lowest BCUT2D eigenvalue weighted by Gasteiger charge is -2.14. The molecule has 27 heavy (non-hydrogen) atoms. The second kappa shape index (κ2) is 8.34. The Morgan fingerprint density at radius 1 is 1.04 bits per heavy atom. The maximum absolute atomic E-state index is 9.19. The van der Waals surface area contributed by atoms with Crippen LogP contribution in [0.25, 0.3) is 10.6 Å². The molecule has 0 bridgehead atoms. The second-order valence-electron chi connectivity index (χ2n) is 5.38. The van der Waals surface area contributed by atoms with Gasteiger partial charge in [-0.15, -0.1) is 11.3 Å². The van der Waals surface area contributed by atoms with Gasteiger partial charge in [-0.3, -0.25) is 0 Å². The quantitative estimate of drug-likeness (QED) is 0.475. The van der Waals surface area contributed by atoms with Gasteiger partial charge in [0, 0.05) is 16.5 Å². The Morgan fingerprint density at radius 2 is 1.70 bits per heavy atom. The summed E-state index contributed by atoms with van der Waals surface area (Å²) in [6, 6.07) is 13.3. The number of nitrogens with zero attached hydrogens (tertiary/aromatic N) is 3. The molecular formula is C20H17N3O3S. The molecule has 0 atom stereocenters. The van der Waals surface area contributed by atoms with Crippen LogP contribution in [0.15, 0.2) is 52.8 Å². The van der Waals surface area contributed by atoms with Crippen molar-refractivity contribution >= 4 is 17.0 Å². The fraction of sp³-hybridized carbons (Fsp3) is 0.150. The highest BCUT2D eigenvalue weighted by atomic mass is 32.1. The first kappa shape index (κ1) is 18.4. The monoisotopic (exact) mass is 379 g/mol. The molecule has 3 rings (SSSR count). The number of nitriles is 1. The molecule has 0 unspecified atom stereocenters. The van der Waals surface area contributed by atoms with E-state index in [4.69, 9.17) is 14.2 Å². The lowest BCUT2D eigenvalue weighted by molar-refractivity contribution is 0.324. The fourth-order valence-electron chi connectivity index (χ4n) is 2.63. The summed E-state index contributed by atoms with van der Waals surface area (Å²) in [5, 5.41) is 11.9. The average molecular weight is 379 g/mol. The zero-order valence-electron chi connectivity index (χ0n) is 15.1. The van der Waals surface area contributed by atoms with E-state index in [2.05, 4.69) is 9.98 Å². The van der Waals surface area contributed by atoms with Gasteiger partial charge < -0.3 is 14.2 Å². The minimum absolute atomic E-state index is 0.440. The number of ether oxygens (including phenoxy) is 3. The molecule has 136 valence electrons. The van der Waals surface area contributed by atoms with Gasteiger partial charge in [-0.1, -0.05) is 30.3 Å². The van der Waals surface area contributed by atoms with Crippen LogP contribution in [0.4, 0.5) is 0 Å². The molecule has 0 spiro atoms. The largest absolute Gasteiger partial charge is 0.493 e. The van der Waals surface area contributed by atoms with E-state index in [1.807, 2.05) is 41.9 Å². The number of thiazole rings is 1.